The van der Waals surface area contributed by atoms with E-state index in [0.717, 1.165) is 22.3 Å². The zero-order valence-corrected chi connectivity index (χ0v) is 25.7. The summed E-state index contributed by atoms with van der Waals surface area (Å²) in [7, 11) is 1.68. The number of carbonyl (C=O) groups excluding carboxylic acids is 1. The van der Waals surface area contributed by atoms with Crippen molar-refractivity contribution < 1.29 is 13.9 Å². The predicted octanol–water partition coefficient (Wildman–Crippen LogP) is 10.2. The fourth-order valence-electron chi connectivity index (χ4n) is 6.39. The van der Waals surface area contributed by atoms with Crippen LogP contribution in [0, 0.1) is 11.7 Å². The Morgan fingerprint density at radius 2 is 1.56 bits per heavy atom. The van der Waals surface area contributed by atoms with Crippen molar-refractivity contribution >= 4 is 16.7 Å². The van der Waals surface area contributed by atoms with Crippen LogP contribution in [0.2, 0.25) is 0 Å². The number of hydrogen-bond donors (Lipinski definition) is 0. The van der Waals surface area contributed by atoms with Gasteiger partial charge in [0, 0.05) is 18.7 Å². The van der Waals surface area contributed by atoms with Crippen LogP contribution in [0.5, 0.6) is 5.75 Å². The second kappa shape index (κ2) is 14.5. The van der Waals surface area contributed by atoms with E-state index in [-0.39, 0.29) is 18.3 Å². The second-order valence-corrected chi connectivity index (χ2v) is 12.1. The smallest absolute Gasteiger partial charge is 0.245 e. The number of fused-ring (bicyclic) bond motifs is 1. The van der Waals surface area contributed by atoms with Crippen molar-refractivity contribution in [1.82, 2.24) is 4.90 Å². The first-order chi connectivity index (χ1) is 20.9. The number of halogens is 1. The van der Waals surface area contributed by atoms with E-state index in [9.17, 15) is 4.79 Å². The Kier molecular flexibility index (Phi) is 10.3. The molecule has 4 aromatic carbocycles. The third kappa shape index (κ3) is 7.73. The minimum atomic E-state index is -0.339. The normalized spacial score (nSPS) is 16.6. The number of ether oxygens (including phenoxy) is 1. The topological polar surface area (TPSA) is 29.5 Å². The fraction of sp³-hybridized carbons (Fsp3) is 0.359. The summed E-state index contributed by atoms with van der Waals surface area (Å²) < 4.78 is 20.7. The average molecular weight is 578 g/mol. The zero-order chi connectivity index (χ0) is 30.2. The SMILES string of the molecule is C=CC(=O)N(C)CCOc1ccc(-c2ccc3cc(-c4ccc(C5CCC(CCCCC)CC5)cc4)ccc3c2)c(F)c1. The summed E-state index contributed by atoms with van der Waals surface area (Å²) in [6, 6.07) is 26.7. The number of carbonyl (C=O) groups is 1. The summed E-state index contributed by atoms with van der Waals surface area (Å²) in [5, 5.41) is 2.20. The van der Waals surface area contributed by atoms with Gasteiger partial charge in [0.1, 0.15) is 18.2 Å². The molecule has 224 valence electrons. The molecule has 5 rings (SSSR count). The van der Waals surface area contributed by atoms with Gasteiger partial charge >= 0.3 is 0 Å². The van der Waals surface area contributed by atoms with Gasteiger partial charge in [-0.05, 0) is 101 Å². The van der Waals surface area contributed by atoms with Crippen LogP contribution in [0.1, 0.15) is 69.8 Å². The molecule has 0 atom stereocenters. The van der Waals surface area contributed by atoms with Gasteiger partial charge in [0.2, 0.25) is 5.91 Å². The highest BCUT2D eigenvalue weighted by molar-refractivity contribution is 5.91. The minimum absolute atomic E-state index is 0.174. The largest absolute Gasteiger partial charge is 0.492 e. The van der Waals surface area contributed by atoms with Crippen molar-refractivity contribution in [2.75, 3.05) is 20.2 Å². The van der Waals surface area contributed by atoms with Gasteiger partial charge in [-0.1, -0.05) is 87.7 Å². The van der Waals surface area contributed by atoms with Gasteiger partial charge in [0.25, 0.3) is 0 Å². The number of likely N-dealkylation sites (N-methyl/N-ethyl adjacent to an activating group) is 1. The van der Waals surface area contributed by atoms with Gasteiger partial charge in [-0.15, -0.1) is 0 Å². The number of rotatable bonds is 12. The summed E-state index contributed by atoms with van der Waals surface area (Å²) in [5.74, 6) is 1.56. The Morgan fingerprint density at radius 3 is 2.23 bits per heavy atom. The molecule has 4 heteroatoms. The van der Waals surface area contributed by atoms with Crippen molar-refractivity contribution in [3.8, 4) is 28.0 Å². The molecule has 0 aliphatic heterocycles. The summed E-state index contributed by atoms with van der Waals surface area (Å²) >= 11 is 0. The van der Waals surface area contributed by atoms with Crippen molar-refractivity contribution in [2.45, 2.75) is 64.2 Å². The first-order valence-electron chi connectivity index (χ1n) is 15.9. The van der Waals surface area contributed by atoms with Gasteiger partial charge < -0.3 is 9.64 Å². The molecular formula is C39H44FNO2. The van der Waals surface area contributed by atoms with E-state index in [2.05, 4.69) is 62.0 Å². The Morgan fingerprint density at radius 1 is 0.884 bits per heavy atom. The van der Waals surface area contributed by atoms with Gasteiger partial charge in [0.05, 0.1) is 6.54 Å². The number of nitrogens with zero attached hydrogens (tertiary/aromatic N) is 1. The van der Waals surface area contributed by atoms with Crippen molar-refractivity contribution in [3.63, 3.8) is 0 Å². The number of unbranched alkanes of at least 4 members (excludes halogenated alkanes) is 2. The van der Waals surface area contributed by atoms with Crippen LogP contribution in [0.3, 0.4) is 0 Å². The van der Waals surface area contributed by atoms with Crippen LogP contribution in [0.4, 0.5) is 4.39 Å². The van der Waals surface area contributed by atoms with Crippen molar-refractivity contribution in [1.29, 1.82) is 0 Å². The molecule has 1 aliphatic carbocycles. The molecule has 1 fully saturated rings. The molecule has 0 N–H and O–H groups in total. The minimum Gasteiger partial charge on any atom is -0.492 e. The lowest BCUT2D eigenvalue weighted by Crippen LogP contribution is -2.29. The van der Waals surface area contributed by atoms with Gasteiger partial charge in [0.15, 0.2) is 0 Å². The van der Waals surface area contributed by atoms with E-state index in [1.165, 1.54) is 85.1 Å². The molecule has 0 heterocycles. The molecule has 1 amide bonds. The molecule has 43 heavy (non-hydrogen) atoms. The monoisotopic (exact) mass is 577 g/mol. The third-order valence-electron chi connectivity index (χ3n) is 9.12. The van der Waals surface area contributed by atoms with E-state index < -0.39 is 0 Å². The number of benzene rings is 4. The standard InChI is InChI=1S/C39H44FNO2/c1-4-6-7-8-28-9-11-29(12-10-28)30-13-15-31(16-14-30)32-17-18-34-26-35(20-19-33(34)25-32)37-22-21-36(27-38(37)40)43-24-23-41(3)39(42)5-2/h5,13-22,25-29H,2,4,6-12,23-24H2,1,3H3. The lowest BCUT2D eigenvalue weighted by molar-refractivity contribution is -0.125. The van der Waals surface area contributed by atoms with E-state index in [4.69, 9.17) is 4.74 Å². The van der Waals surface area contributed by atoms with Crippen LogP contribution in [0.15, 0.2) is 91.5 Å². The van der Waals surface area contributed by atoms with Crippen molar-refractivity contribution in [3.05, 3.63) is 103 Å². The summed E-state index contributed by atoms with van der Waals surface area (Å²) in [6.07, 6.45) is 12.2. The maximum absolute atomic E-state index is 15.1. The van der Waals surface area contributed by atoms with Gasteiger partial charge in [-0.2, -0.15) is 0 Å². The van der Waals surface area contributed by atoms with E-state index >= 15 is 4.39 Å². The summed E-state index contributed by atoms with van der Waals surface area (Å²) in [4.78, 5) is 13.1. The lowest BCUT2D eigenvalue weighted by atomic mass is 9.77. The molecule has 0 spiro atoms. The molecule has 0 bridgehead atoms. The lowest BCUT2D eigenvalue weighted by Gasteiger charge is -2.29. The van der Waals surface area contributed by atoms with Crippen LogP contribution in [-0.2, 0) is 4.79 Å². The maximum Gasteiger partial charge on any atom is 0.245 e. The predicted molar refractivity (Wildman–Crippen MR) is 177 cm³/mol. The second-order valence-electron chi connectivity index (χ2n) is 12.1. The van der Waals surface area contributed by atoms with Crippen LogP contribution in [0.25, 0.3) is 33.0 Å². The van der Waals surface area contributed by atoms with Crippen LogP contribution < -0.4 is 4.74 Å². The van der Waals surface area contributed by atoms with Gasteiger partial charge in [-0.25, -0.2) is 4.39 Å². The Bertz CT molecular complexity index is 1540. The molecule has 0 radical (unpaired) electrons. The molecular weight excluding hydrogens is 533 g/mol. The average Bonchev–Trinajstić information content (AvgIpc) is 3.04. The summed E-state index contributed by atoms with van der Waals surface area (Å²) in [5.41, 5.74) is 5.26. The molecule has 4 aromatic rings. The fourth-order valence-corrected chi connectivity index (χ4v) is 6.39. The Labute approximate surface area is 256 Å². The maximum atomic E-state index is 15.1. The molecule has 3 nitrogen and oxygen atoms in total. The first-order valence-corrected chi connectivity index (χ1v) is 15.9. The van der Waals surface area contributed by atoms with E-state index in [0.29, 0.717) is 23.8 Å². The Balaban J connectivity index is 1.21. The summed E-state index contributed by atoms with van der Waals surface area (Å²) in [6.45, 7) is 6.44. The quantitative estimate of drug-likeness (QED) is 0.124. The van der Waals surface area contributed by atoms with E-state index in [1.807, 2.05) is 12.1 Å². The zero-order valence-electron chi connectivity index (χ0n) is 25.7. The molecule has 0 saturated heterocycles. The van der Waals surface area contributed by atoms with Crippen LogP contribution >= 0.6 is 0 Å². The highest BCUT2D eigenvalue weighted by Gasteiger charge is 2.22. The number of hydrogen-bond acceptors (Lipinski definition) is 2. The first kappa shape index (κ1) is 30.5. The Hall–Kier alpha value is -3.92. The molecule has 0 aromatic heterocycles. The number of amides is 1. The highest BCUT2D eigenvalue weighted by atomic mass is 19.1. The van der Waals surface area contributed by atoms with E-state index in [1.54, 1.807) is 19.2 Å². The molecule has 0 unspecified atom stereocenters. The van der Waals surface area contributed by atoms with Crippen molar-refractivity contribution in [2.24, 2.45) is 5.92 Å². The molecule has 1 aliphatic rings. The van der Waals surface area contributed by atoms with Crippen LogP contribution in [-0.4, -0.2) is 31.0 Å². The highest BCUT2D eigenvalue weighted by Crippen LogP contribution is 2.38. The third-order valence-corrected chi connectivity index (χ3v) is 9.12. The van der Waals surface area contributed by atoms with Gasteiger partial charge in [-0.3, -0.25) is 4.79 Å². The molecule has 1 saturated carbocycles.